The van der Waals surface area contributed by atoms with Gasteiger partial charge in [0.2, 0.25) is 10.0 Å². The highest BCUT2D eigenvalue weighted by Crippen LogP contribution is 2.57. The minimum absolute atomic E-state index is 0.422. The predicted molar refractivity (Wildman–Crippen MR) is 82.4 cm³/mol. The van der Waals surface area contributed by atoms with Crippen molar-refractivity contribution in [2.45, 2.75) is 37.5 Å². The van der Waals surface area contributed by atoms with E-state index in [-0.39, 0.29) is 0 Å². The smallest absolute Gasteiger partial charge is 0.207 e. The van der Waals surface area contributed by atoms with Crippen LogP contribution in [0.4, 0.5) is 0 Å². The van der Waals surface area contributed by atoms with E-state index in [1.807, 2.05) is 19.1 Å². The maximum Gasteiger partial charge on any atom is 0.243 e. The van der Waals surface area contributed by atoms with Crippen LogP contribution in [-0.2, 0) is 10.0 Å². The molecule has 0 radical (unpaired) electrons. The SMILES string of the molecule is Cc1ccc(S(=O)(=O)N2CC(=C3[C@H]4CCCC[C@@H]34)C2)cc1. The van der Waals surface area contributed by atoms with Crippen LogP contribution in [0, 0.1) is 18.8 Å². The molecule has 0 spiro atoms. The molecule has 1 heterocycles. The number of aryl methyl sites for hydroxylation is 1. The van der Waals surface area contributed by atoms with E-state index >= 15 is 0 Å². The molecule has 4 rings (SSSR count). The lowest BCUT2D eigenvalue weighted by Gasteiger charge is -2.33. The van der Waals surface area contributed by atoms with Crippen molar-refractivity contribution in [3.8, 4) is 0 Å². The minimum atomic E-state index is -3.29. The van der Waals surface area contributed by atoms with E-state index in [9.17, 15) is 8.42 Å². The van der Waals surface area contributed by atoms with E-state index < -0.39 is 10.0 Å². The number of fused-ring (bicyclic) bond motifs is 1. The summed E-state index contributed by atoms with van der Waals surface area (Å²) in [5, 5.41) is 0. The van der Waals surface area contributed by atoms with Gasteiger partial charge in [0.1, 0.15) is 0 Å². The van der Waals surface area contributed by atoms with Gasteiger partial charge in [-0.05, 0) is 49.3 Å². The zero-order chi connectivity index (χ0) is 14.6. The molecule has 3 aliphatic rings. The zero-order valence-electron chi connectivity index (χ0n) is 12.4. The third-order valence-corrected chi connectivity index (χ3v) is 7.06. The van der Waals surface area contributed by atoms with Gasteiger partial charge in [-0.1, -0.05) is 36.1 Å². The largest absolute Gasteiger partial charge is 0.243 e. The van der Waals surface area contributed by atoms with Gasteiger partial charge in [-0.15, -0.1) is 0 Å². The van der Waals surface area contributed by atoms with Crippen molar-refractivity contribution >= 4 is 10.0 Å². The Hall–Kier alpha value is -1.13. The average molecular weight is 303 g/mol. The molecule has 1 aliphatic heterocycles. The van der Waals surface area contributed by atoms with Crippen LogP contribution < -0.4 is 0 Å². The topological polar surface area (TPSA) is 37.4 Å². The lowest BCUT2D eigenvalue weighted by Crippen LogP contribution is -2.44. The van der Waals surface area contributed by atoms with Crippen LogP contribution in [0.2, 0.25) is 0 Å². The first kappa shape index (κ1) is 13.5. The van der Waals surface area contributed by atoms with Gasteiger partial charge in [0, 0.05) is 13.1 Å². The van der Waals surface area contributed by atoms with Crippen molar-refractivity contribution in [3.05, 3.63) is 41.0 Å². The summed E-state index contributed by atoms with van der Waals surface area (Å²) in [7, 11) is -3.29. The summed E-state index contributed by atoms with van der Waals surface area (Å²) in [5.74, 6) is 1.61. The number of hydrogen-bond acceptors (Lipinski definition) is 2. The Bertz CT molecular complexity index is 681. The molecule has 0 unspecified atom stereocenters. The summed E-state index contributed by atoms with van der Waals surface area (Å²) in [6.07, 6.45) is 5.36. The number of sulfonamides is 1. The van der Waals surface area contributed by atoms with Crippen molar-refractivity contribution in [2.24, 2.45) is 11.8 Å². The third kappa shape index (κ3) is 2.16. The molecule has 4 heteroatoms. The van der Waals surface area contributed by atoms with Gasteiger partial charge in [-0.25, -0.2) is 8.42 Å². The number of allylic oxidation sites excluding steroid dienone is 1. The van der Waals surface area contributed by atoms with E-state index in [2.05, 4.69) is 0 Å². The van der Waals surface area contributed by atoms with Crippen molar-refractivity contribution in [1.29, 1.82) is 0 Å². The first-order chi connectivity index (χ1) is 10.1. The fourth-order valence-corrected chi connectivity index (χ4v) is 5.37. The van der Waals surface area contributed by atoms with Gasteiger partial charge in [0.05, 0.1) is 4.90 Å². The van der Waals surface area contributed by atoms with Crippen LogP contribution in [0.5, 0.6) is 0 Å². The second-order valence-electron chi connectivity index (χ2n) is 6.64. The molecule has 3 nitrogen and oxygen atoms in total. The van der Waals surface area contributed by atoms with Gasteiger partial charge in [-0.3, -0.25) is 0 Å². The molecule has 0 N–H and O–H groups in total. The fourth-order valence-electron chi connectivity index (χ4n) is 3.94. The number of nitrogens with zero attached hydrogens (tertiary/aromatic N) is 1. The Balaban J connectivity index is 1.50. The molecule has 1 aromatic rings. The Kier molecular flexibility index (Phi) is 3.02. The molecule has 1 saturated heterocycles. The second kappa shape index (κ2) is 4.68. The highest BCUT2D eigenvalue weighted by molar-refractivity contribution is 7.89. The summed E-state index contributed by atoms with van der Waals surface area (Å²) >= 11 is 0. The maximum absolute atomic E-state index is 12.5. The third-order valence-electron chi connectivity index (χ3n) is 5.26. The van der Waals surface area contributed by atoms with E-state index in [1.165, 1.54) is 31.3 Å². The Morgan fingerprint density at radius 2 is 1.57 bits per heavy atom. The molecule has 112 valence electrons. The summed E-state index contributed by atoms with van der Waals surface area (Å²) in [6, 6.07) is 7.16. The standard InChI is InChI=1S/C17H21NO2S/c1-12-6-8-14(9-7-12)21(19,20)18-10-13(11-18)17-15-4-2-3-5-16(15)17/h6-9,15-16H,2-5,10-11H2,1H3/t15-,16+. The highest BCUT2D eigenvalue weighted by Gasteiger charge is 2.49. The van der Waals surface area contributed by atoms with Crippen molar-refractivity contribution in [3.63, 3.8) is 0 Å². The quantitative estimate of drug-likeness (QED) is 0.787. The first-order valence-electron chi connectivity index (χ1n) is 7.86. The van der Waals surface area contributed by atoms with E-state index in [4.69, 9.17) is 0 Å². The summed E-state index contributed by atoms with van der Waals surface area (Å²) in [5.41, 5.74) is 4.10. The van der Waals surface area contributed by atoms with Crippen molar-refractivity contribution < 1.29 is 8.42 Å². The summed E-state index contributed by atoms with van der Waals surface area (Å²) in [4.78, 5) is 0.422. The van der Waals surface area contributed by atoms with E-state index in [1.54, 1.807) is 22.0 Å². The highest BCUT2D eigenvalue weighted by atomic mass is 32.2. The minimum Gasteiger partial charge on any atom is -0.207 e. The predicted octanol–water partition coefficient (Wildman–Crippen LogP) is 3.12. The first-order valence-corrected chi connectivity index (χ1v) is 9.30. The van der Waals surface area contributed by atoms with Crippen LogP contribution in [0.25, 0.3) is 0 Å². The van der Waals surface area contributed by atoms with E-state index in [0.717, 1.165) is 17.4 Å². The fraction of sp³-hybridized carbons (Fsp3) is 0.529. The molecule has 21 heavy (non-hydrogen) atoms. The monoisotopic (exact) mass is 303 g/mol. The molecule has 2 saturated carbocycles. The van der Waals surface area contributed by atoms with Crippen LogP contribution in [0.1, 0.15) is 31.2 Å². The number of rotatable bonds is 2. The molecule has 0 amide bonds. The Labute approximate surface area is 126 Å². The lowest BCUT2D eigenvalue weighted by molar-refractivity contribution is 0.389. The van der Waals surface area contributed by atoms with Crippen LogP contribution in [-0.4, -0.2) is 25.8 Å². The number of benzene rings is 1. The van der Waals surface area contributed by atoms with Crippen molar-refractivity contribution in [1.82, 2.24) is 4.31 Å². The van der Waals surface area contributed by atoms with Gasteiger partial charge in [-0.2, -0.15) is 4.31 Å². The number of hydrogen-bond donors (Lipinski definition) is 0. The lowest BCUT2D eigenvalue weighted by atomic mass is 10.0. The molecular formula is C17H21NO2S. The molecule has 2 atom stereocenters. The normalized spacial score (nSPS) is 29.0. The Morgan fingerprint density at radius 1 is 1.00 bits per heavy atom. The molecule has 0 bridgehead atoms. The molecule has 3 fully saturated rings. The van der Waals surface area contributed by atoms with Gasteiger partial charge in [0.15, 0.2) is 0 Å². The second-order valence-corrected chi connectivity index (χ2v) is 8.58. The average Bonchev–Trinajstić information content (AvgIpc) is 3.12. The molecule has 2 aliphatic carbocycles. The molecule has 0 aromatic heterocycles. The maximum atomic E-state index is 12.5. The van der Waals surface area contributed by atoms with Gasteiger partial charge >= 0.3 is 0 Å². The van der Waals surface area contributed by atoms with Crippen LogP contribution in [0.3, 0.4) is 0 Å². The zero-order valence-corrected chi connectivity index (χ0v) is 13.2. The van der Waals surface area contributed by atoms with Crippen molar-refractivity contribution in [2.75, 3.05) is 13.1 Å². The van der Waals surface area contributed by atoms with Gasteiger partial charge in [0.25, 0.3) is 0 Å². The van der Waals surface area contributed by atoms with E-state index in [0.29, 0.717) is 18.0 Å². The summed E-state index contributed by atoms with van der Waals surface area (Å²) in [6.45, 7) is 3.22. The van der Waals surface area contributed by atoms with Gasteiger partial charge < -0.3 is 0 Å². The van der Waals surface area contributed by atoms with Crippen LogP contribution >= 0.6 is 0 Å². The van der Waals surface area contributed by atoms with Crippen LogP contribution in [0.15, 0.2) is 40.3 Å². The Morgan fingerprint density at radius 3 is 2.14 bits per heavy atom. The molecular weight excluding hydrogens is 282 g/mol. The molecule has 1 aromatic carbocycles. The summed E-state index contributed by atoms with van der Waals surface area (Å²) < 4.78 is 26.7.